The molecule has 0 aliphatic carbocycles. The van der Waals surface area contributed by atoms with Crippen molar-refractivity contribution in [3.05, 3.63) is 82.4 Å². The molecule has 0 saturated heterocycles. The molecule has 0 fully saturated rings. The maximum Gasteiger partial charge on any atom is 0.276 e. The first kappa shape index (κ1) is 21.6. The average Bonchev–Trinajstić information content (AvgIpc) is 3.25. The van der Waals surface area contributed by atoms with Gasteiger partial charge in [0.2, 0.25) is 0 Å². The van der Waals surface area contributed by atoms with Crippen LogP contribution in [0.4, 0.5) is 0 Å². The van der Waals surface area contributed by atoms with Crippen molar-refractivity contribution in [2.45, 2.75) is 32.4 Å². The lowest BCUT2D eigenvalue weighted by atomic mass is 10.0. The lowest BCUT2D eigenvalue weighted by Gasteiger charge is -2.15. The van der Waals surface area contributed by atoms with Crippen molar-refractivity contribution in [2.75, 3.05) is 14.2 Å². The van der Waals surface area contributed by atoms with Crippen LogP contribution in [0, 0.1) is 0 Å². The Balaban J connectivity index is 1.62. The molecule has 7 nitrogen and oxygen atoms in total. The van der Waals surface area contributed by atoms with Gasteiger partial charge in [-0.1, -0.05) is 44.2 Å². The van der Waals surface area contributed by atoms with Crippen molar-refractivity contribution in [2.24, 2.45) is 0 Å². The van der Waals surface area contributed by atoms with E-state index in [2.05, 4.69) is 31.1 Å². The van der Waals surface area contributed by atoms with E-state index >= 15 is 0 Å². The molecule has 0 amide bonds. The minimum absolute atomic E-state index is 0.106. The standard InChI is InChI=1S/C25H27N3O4/c1-16(2)17-5-7-18(8-6-17)20-14-21-25(30)27(11-12-28(21)26-20)15-22(29)19-9-10-23(31-3)24(13-19)32-4/h5-14,16,22,29H,15H2,1-4H3/t22-/m1/s1. The summed E-state index contributed by atoms with van der Waals surface area (Å²) in [6, 6.07) is 15.2. The van der Waals surface area contributed by atoms with Crippen LogP contribution in [0.3, 0.4) is 0 Å². The SMILES string of the molecule is COc1ccc([C@H](O)Cn2ccn3nc(-c4ccc(C(C)C)cc4)cc3c2=O)cc1OC. The lowest BCUT2D eigenvalue weighted by Crippen LogP contribution is -2.24. The number of nitrogens with zero attached hydrogens (tertiary/aromatic N) is 3. The first-order valence-corrected chi connectivity index (χ1v) is 10.5. The molecule has 0 radical (unpaired) electrons. The maximum atomic E-state index is 13.1. The van der Waals surface area contributed by atoms with Gasteiger partial charge in [-0.25, -0.2) is 4.52 Å². The van der Waals surface area contributed by atoms with E-state index in [0.717, 1.165) is 11.3 Å². The smallest absolute Gasteiger partial charge is 0.276 e. The third kappa shape index (κ3) is 4.11. The Kier molecular flexibility index (Phi) is 6.01. The highest BCUT2D eigenvalue weighted by Crippen LogP contribution is 2.30. The fourth-order valence-corrected chi connectivity index (χ4v) is 3.70. The molecule has 0 aliphatic rings. The van der Waals surface area contributed by atoms with Gasteiger partial charge in [0.1, 0.15) is 5.52 Å². The summed E-state index contributed by atoms with van der Waals surface area (Å²) in [4.78, 5) is 13.1. The summed E-state index contributed by atoms with van der Waals surface area (Å²) >= 11 is 0. The van der Waals surface area contributed by atoms with E-state index in [0.29, 0.717) is 28.5 Å². The highest BCUT2D eigenvalue weighted by atomic mass is 16.5. The molecular weight excluding hydrogens is 406 g/mol. The van der Waals surface area contributed by atoms with Gasteiger partial charge in [0.05, 0.1) is 32.6 Å². The Morgan fingerprint density at radius 1 is 0.938 bits per heavy atom. The normalized spacial score (nSPS) is 12.3. The predicted molar refractivity (Wildman–Crippen MR) is 123 cm³/mol. The van der Waals surface area contributed by atoms with Gasteiger partial charge in [-0.2, -0.15) is 5.10 Å². The van der Waals surface area contributed by atoms with Crippen molar-refractivity contribution in [3.8, 4) is 22.8 Å². The molecule has 2 aromatic heterocycles. The van der Waals surface area contributed by atoms with E-state index in [1.807, 2.05) is 12.1 Å². The summed E-state index contributed by atoms with van der Waals surface area (Å²) in [7, 11) is 3.10. The second-order valence-corrected chi connectivity index (χ2v) is 8.02. The molecule has 0 spiro atoms. The Morgan fingerprint density at radius 3 is 2.28 bits per heavy atom. The molecule has 7 heteroatoms. The fraction of sp³-hybridized carbons (Fsp3) is 0.280. The van der Waals surface area contributed by atoms with Gasteiger partial charge in [-0.3, -0.25) is 4.79 Å². The summed E-state index contributed by atoms with van der Waals surface area (Å²) in [6.07, 6.45) is 2.48. The number of fused-ring (bicyclic) bond motifs is 1. The minimum Gasteiger partial charge on any atom is -0.493 e. The lowest BCUT2D eigenvalue weighted by molar-refractivity contribution is 0.154. The molecule has 1 N–H and O–H groups in total. The third-order valence-electron chi connectivity index (χ3n) is 5.64. The van der Waals surface area contributed by atoms with Gasteiger partial charge >= 0.3 is 0 Å². The van der Waals surface area contributed by atoms with Crippen molar-refractivity contribution < 1.29 is 14.6 Å². The molecule has 1 atom stereocenters. The van der Waals surface area contributed by atoms with Crippen LogP contribution < -0.4 is 15.0 Å². The molecule has 0 unspecified atom stereocenters. The van der Waals surface area contributed by atoms with Crippen LogP contribution in [0.2, 0.25) is 0 Å². The quantitative estimate of drug-likeness (QED) is 0.476. The summed E-state index contributed by atoms with van der Waals surface area (Å²) in [5.41, 5.74) is 3.81. The van der Waals surface area contributed by atoms with E-state index in [4.69, 9.17) is 9.47 Å². The van der Waals surface area contributed by atoms with E-state index in [1.165, 1.54) is 10.1 Å². The predicted octanol–water partition coefficient (Wildman–Crippen LogP) is 4.04. The van der Waals surface area contributed by atoms with E-state index in [-0.39, 0.29) is 12.1 Å². The maximum absolute atomic E-state index is 13.1. The number of hydrogen-bond donors (Lipinski definition) is 1. The van der Waals surface area contributed by atoms with Gasteiger partial charge in [0.25, 0.3) is 5.56 Å². The Morgan fingerprint density at radius 2 is 1.62 bits per heavy atom. The minimum atomic E-state index is -0.888. The monoisotopic (exact) mass is 433 g/mol. The van der Waals surface area contributed by atoms with Crippen LogP contribution in [-0.4, -0.2) is 33.5 Å². The summed E-state index contributed by atoms with van der Waals surface area (Å²) in [5.74, 6) is 1.56. The topological polar surface area (TPSA) is 78.0 Å². The van der Waals surface area contributed by atoms with Crippen LogP contribution in [0.1, 0.15) is 37.0 Å². The molecule has 0 bridgehead atoms. The van der Waals surface area contributed by atoms with Crippen molar-refractivity contribution in [1.82, 2.24) is 14.2 Å². The number of aromatic nitrogens is 3. The summed E-state index contributed by atoms with van der Waals surface area (Å²) in [6.45, 7) is 4.41. The number of aliphatic hydroxyl groups excluding tert-OH is 1. The van der Waals surface area contributed by atoms with Gasteiger partial charge in [0, 0.05) is 18.0 Å². The first-order chi connectivity index (χ1) is 15.4. The number of benzene rings is 2. The van der Waals surface area contributed by atoms with Gasteiger partial charge in [0.15, 0.2) is 11.5 Å². The second-order valence-electron chi connectivity index (χ2n) is 8.02. The Hall–Kier alpha value is -3.58. The van der Waals surface area contributed by atoms with Gasteiger partial charge < -0.3 is 19.1 Å². The zero-order valence-electron chi connectivity index (χ0n) is 18.6. The van der Waals surface area contributed by atoms with Crippen molar-refractivity contribution in [1.29, 1.82) is 0 Å². The zero-order valence-corrected chi connectivity index (χ0v) is 18.6. The summed E-state index contributed by atoms with van der Waals surface area (Å²) < 4.78 is 13.6. The van der Waals surface area contributed by atoms with Crippen molar-refractivity contribution in [3.63, 3.8) is 0 Å². The second kappa shape index (κ2) is 8.88. The van der Waals surface area contributed by atoms with E-state index < -0.39 is 6.10 Å². The first-order valence-electron chi connectivity index (χ1n) is 10.5. The van der Waals surface area contributed by atoms with Crippen LogP contribution in [0.25, 0.3) is 16.8 Å². The highest BCUT2D eigenvalue weighted by molar-refractivity contribution is 5.65. The molecular formula is C25H27N3O4. The summed E-state index contributed by atoms with van der Waals surface area (Å²) in [5, 5.41) is 15.3. The van der Waals surface area contributed by atoms with Crippen molar-refractivity contribution >= 4 is 5.52 Å². The number of methoxy groups -OCH3 is 2. The number of rotatable bonds is 7. The van der Waals surface area contributed by atoms with Gasteiger partial charge in [-0.05, 0) is 35.2 Å². The molecule has 4 rings (SSSR count). The molecule has 32 heavy (non-hydrogen) atoms. The average molecular weight is 434 g/mol. The van der Waals surface area contributed by atoms with Crippen LogP contribution in [0.5, 0.6) is 11.5 Å². The Labute approximate surface area is 186 Å². The molecule has 4 aromatic rings. The van der Waals surface area contributed by atoms with E-state index in [1.54, 1.807) is 55.4 Å². The molecule has 2 aromatic carbocycles. The molecule has 2 heterocycles. The number of aliphatic hydroxyl groups is 1. The largest absolute Gasteiger partial charge is 0.493 e. The number of ether oxygens (including phenoxy) is 2. The fourth-order valence-electron chi connectivity index (χ4n) is 3.70. The van der Waals surface area contributed by atoms with Crippen LogP contribution in [-0.2, 0) is 6.54 Å². The Bertz CT molecular complexity index is 1290. The molecule has 0 aliphatic heterocycles. The third-order valence-corrected chi connectivity index (χ3v) is 5.64. The van der Waals surface area contributed by atoms with Gasteiger partial charge in [-0.15, -0.1) is 0 Å². The zero-order chi connectivity index (χ0) is 22.8. The van der Waals surface area contributed by atoms with Crippen LogP contribution >= 0.6 is 0 Å². The molecule has 166 valence electrons. The highest BCUT2D eigenvalue weighted by Gasteiger charge is 2.15. The van der Waals surface area contributed by atoms with Crippen LogP contribution in [0.15, 0.2) is 65.7 Å². The van der Waals surface area contributed by atoms with E-state index in [9.17, 15) is 9.90 Å². The molecule has 0 saturated carbocycles. The number of hydrogen-bond acceptors (Lipinski definition) is 5.